The van der Waals surface area contributed by atoms with Crippen molar-refractivity contribution in [2.75, 3.05) is 0 Å². The van der Waals surface area contributed by atoms with Gasteiger partial charge in [-0.2, -0.15) is 0 Å². The third-order valence-electron chi connectivity index (χ3n) is 3.56. The van der Waals surface area contributed by atoms with Gasteiger partial charge in [-0.3, -0.25) is 9.59 Å². The van der Waals surface area contributed by atoms with Gasteiger partial charge < -0.3 is 16.0 Å². The van der Waals surface area contributed by atoms with Gasteiger partial charge in [-0.15, -0.1) is 0 Å². The molecule has 1 heterocycles. The number of primary amides is 1. The van der Waals surface area contributed by atoms with Gasteiger partial charge in [0.05, 0.1) is 5.02 Å². The molecule has 0 saturated heterocycles. The molecule has 23 heavy (non-hydrogen) atoms. The molecule has 3 aromatic rings. The predicted molar refractivity (Wildman–Crippen MR) is 89.2 cm³/mol. The molecule has 0 aliphatic rings. The summed E-state index contributed by atoms with van der Waals surface area (Å²) in [5.74, 6) is -1.13. The van der Waals surface area contributed by atoms with Crippen LogP contribution in [0.5, 0.6) is 0 Å². The van der Waals surface area contributed by atoms with Crippen LogP contribution >= 0.6 is 11.6 Å². The second kappa shape index (κ2) is 6.14. The Kier molecular flexibility index (Phi) is 4.04. The van der Waals surface area contributed by atoms with Gasteiger partial charge >= 0.3 is 0 Å². The van der Waals surface area contributed by atoms with E-state index in [2.05, 4.69) is 10.3 Å². The molecule has 116 valence electrons. The van der Waals surface area contributed by atoms with Crippen molar-refractivity contribution in [1.29, 1.82) is 0 Å². The Morgan fingerprint density at radius 3 is 2.35 bits per heavy atom. The van der Waals surface area contributed by atoms with E-state index in [-0.39, 0.29) is 5.69 Å². The number of carbonyl (C=O) groups is 2. The van der Waals surface area contributed by atoms with E-state index in [1.54, 1.807) is 24.3 Å². The van der Waals surface area contributed by atoms with Crippen molar-refractivity contribution in [2.45, 2.75) is 6.04 Å². The zero-order valence-electron chi connectivity index (χ0n) is 12.0. The summed E-state index contributed by atoms with van der Waals surface area (Å²) >= 11 is 6.25. The van der Waals surface area contributed by atoms with Crippen LogP contribution in [0.1, 0.15) is 22.1 Å². The number of H-pyrrole nitrogens is 1. The molecule has 0 saturated carbocycles. The number of para-hydroxylation sites is 1. The quantitative estimate of drug-likeness (QED) is 0.688. The van der Waals surface area contributed by atoms with Crippen molar-refractivity contribution < 1.29 is 9.59 Å². The van der Waals surface area contributed by atoms with Gasteiger partial charge in [-0.1, -0.05) is 60.1 Å². The lowest BCUT2D eigenvalue weighted by Crippen LogP contribution is -2.37. The molecule has 0 aliphatic heterocycles. The molecule has 0 fully saturated rings. The molecular formula is C17H14ClN3O2. The van der Waals surface area contributed by atoms with Gasteiger partial charge in [0.25, 0.3) is 5.91 Å². The van der Waals surface area contributed by atoms with Crippen molar-refractivity contribution in [3.8, 4) is 0 Å². The molecule has 4 N–H and O–H groups in total. The number of fused-ring (bicyclic) bond motifs is 1. The Morgan fingerprint density at radius 2 is 1.70 bits per heavy atom. The molecule has 1 atom stereocenters. The van der Waals surface area contributed by atoms with E-state index < -0.39 is 17.9 Å². The molecule has 5 nitrogen and oxygen atoms in total. The minimum Gasteiger partial charge on any atom is -0.368 e. The largest absolute Gasteiger partial charge is 0.368 e. The van der Waals surface area contributed by atoms with Gasteiger partial charge in [-0.05, 0) is 11.6 Å². The van der Waals surface area contributed by atoms with E-state index >= 15 is 0 Å². The minimum absolute atomic E-state index is 0.204. The summed E-state index contributed by atoms with van der Waals surface area (Å²) in [6.07, 6.45) is 0. The van der Waals surface area contributed by atoms with Crippen LogP contribution in [0, 0.1) is 0 Å². The summed E-state index contributed by atoms with van der Waals surface area (Å²) in [6.45, 7) is 0. The highest BCUT2D eigenvalue weighted by Crippen LogP contribution is 2.27. The Balaban J connectivity index is 1.92. The molecule has 0 radical (unpaired) electrons. The lowest BCUT2D eigenvalue weighted by molar-refractivity contribution is -0.120. The number of carbonyl (C=O) groups excluding carboxylic acids is 2. The highest BCUT2D eigenvalue weighted by molar-refractivity contribution is 6.38. The predicted octanol–water partition coefficient (Wildman–Crippen LogP) is 2.78. The van der Waals surface area contributed by atoms with Crippen LogP contribution in [0.25, 0.3) is 10.9 Å². The van der Waals surface area contributed by atoms with E-state index in [4.69, 9.17) is 17.3 Å². The third kappa shape index (κ3) is 2.91. The highest BCUT2D eigenvalue weighted by atomic mass is 35.5. The van der Waals surface area contributed by atoms with Crippen molar-refractivity contribution in [2.24, 2.45) is 5.73 Å². The monoisotopic (exact) mass is 327 g/mol. The maximum atomic E-state index is 12.5. The van der Waals surface area contributed by atoms with Gasteiger partial charge in [0.15, 0.2) is 0 Å². The summed E-state index contributed by atoms with van der Waals surface area (Å²) in [5, 5.41) is 3.68. The van der Waals surface area contributed by atoms with Crippen LogP contribution in [-0.2, 0) is 4.79 Å². The van der Waals surface area contributed by atoms with Crippen LogP contribution in [0.4, 0.5) is 0 Å². The van der Waals surface area contributed by atoms with Crippen molar-refractivity contribution in [1.82, 2.24) is 10.3 Å². The number of hydrogen-bond acceptors (Lipinski definition) is 2. The number of rotatable bonds is 4. The lowest BCUT2D eigenvalue weighted by Gasteiger charge is -2.15. The number of benzene rings is 2. The van der Waals surface area contributed by atoms with Gasteiger partial charge in [0.1, 0.15) is 11.7 Å². The fourth-order valence-corrected chi connectivity index (χ4v) is 2.73. The normalized spacial score (nSPS) is 12.0. The molecule has 2 aromatic carbocycles. The number of aromatic amines is 1. The van der Waals surface area contributed by atoms with Crippen LogP contribution in [0.15, 0.2) is 54.6 Å². The van der Waals surface area contributed by atoms with Gasteiger partial charge in [-0.25, -0.2) is 0 Å². The van der Waals surface area contributed by atoms with Gasteiger partial charge in [0, 0.05) is 10.9 Å². The summed E-state index contributed by atoms with van der Waals surface area (Å²) in [4.78, 5) is 27.1. The van der Waals surface area contributed by atoms with E-state index in [0.29, 0.717) is 10.6 Å². The van der Waals surface area contributed by atoms with Crippen LogP contribution < -0.4 is 11.1 Å². The minimum atomic E-state index is -0.925. The van der Waals surface area contributed by atoms with Crippen LogP contribution in [-0.4, -0.2) is 16.8 Å². The first-order valence-electron chi connectivity index (χ1n) is 6.99. The summed E-state index contributed by atoms with van der Waals surface area (Å²) in [6, 6.07) is 15.2. The first kappa shape index (κ1) is 15.1. The van der Waals surface area contributed by atoms with Crippen LogP contribution in [0.3, 0.4) is 0 Å². The highest BCUT2D eigenvalue weighted by Gasteiger charge is 2.23. The fraction of sp³-hybridized carbons (Fsp3) is 0.0588. The number of amides is 2. The number of nitrogens with one attached hydrogen (secondary N) is 2. The second-order valence-corrected chi connectivity index (χ2v) is 5.46. The molecular weight excluding hydrogens is 314 g/mol. The summed E-state index contributed by atoms with van der Waals surface area (Å²) in [5.41, 5.74) is 6.97. The van der Waals surface area contributed by atoms with E-state index in [9.17, 15) is 9.59 Å². The first-order chi connectivity index (χ1) is 11.1. The topological polar surface area (TPSA) is 88.0 Å². The Morgan fingerprint density at radius 1 is 1.04 bits per heavy atom. The van der Waals surface area contributed by atoms with E-state index in [1.165, 1.54) is 0 Å². The SMILES string of the molecule is NC(=O)[C@H](NC(=O)c1[nH]c2ccccc2c1Cl)c1ccccc1. The van der Waals surface area contributed by atoms with Crippen LogP contribution in [0.2, 0.25) is 5.02 Å². The zero-order chi connectivity index (χ0) is 16.4. The fourth-order valence-electron chi connectivity index (χ4n) is 2.43. The van der Waals surface area contributed by atoms with E-state index in [1.807, 2.05) is 30.3 Å². The molecule has 0 bridgehead atoms. The second-order valence-electron chi connectivity index (χ2n) is 5.08. The molecule has 0 aliphatic carbocycles. The molecule has 1 aromatic heterocycles. The summed E-state index contributed by atoms with van der Waals surface area (Å²) < 4.78 is 0. The average Bonchev–Trinajstić information content (AvgIpc) is 2.90. The molecule has 2 amide bonds. The smallest absolute Gasteiger partial charge is 0.270 e. The number of halogens is 1. The lowest BCUT2D eigenvalue weighted by atomic mass is 10.1. The molecule has 6 heteroatoms. The Hall–Kier alpha value is -2.79. The molecule has 0 spiro atoms. The maximum absolute atomic E-state index is 12.5. The summed E-state index contributed by atoms with van der Waals surface area (Å²) in [7, 11) is 0. The third-order valence-corrected chi connectivity index (χ3v) is 3.96. The molecule has 0 unspecified atom stereocenters. The van der Waals surface area contributed by atoms with Crippen molar-refractivity contribution in [3.05, 3.63) is 70.9 Å². The Labute approximate surface area is 137 Å². The number of aromatic nitrogens is 1. The standard InChI is InChI=1S/C17H14ClN3O2/c18-13-11-8-4-5-9-12(11)20-15(13)17(23)21-14(16(19)22)10-6-2-1-3-7-10/h1-9,14,20H,(H2,19,22)(H,21,23)/t14-/m1/s1. The molecule has 3 rings (SSSR count). The van der Waals surface area contributed by atoms with Crippen molar-refractivity contribution in [3.63, 3.8) is 0 Å². The van der Waals surface area contributed by atoms with Crippen molar-refractivity contribution >= 4 is 34.3 Å². The maximum Gasteiger partial charge on any atom is 0.270 e. The number of hydrogen-bond donors (Lipinski definition) is 3. The van der Waals surface area contributed by atoms with Gasteiger partial charge in [0.2, 0.25) is 5.91 Å². The Bertz CT molecular complexity index is 874. The number of nitrogens with two attached hydrogens (primary N) is 1. The average molecular weight is 328 g/mol. The first-order valence-corrected chi connectivity index (χ1v) is 7.37. The van der Waals surface area contributed by atoms with E-state index in [0.717, 1.165) is 10.9 Å². The zero-order valence-corrected chi connectivity index (χ0v) is 12.8.